The Labute approximate surface area is 123 Å². The number of phenolic OH excluding ortho intramolecular Hbond substituents is 1. The molecule has 1 aromatic carbocycles. The van der Waals surface area contributed by atoms with E-state index in [2.05, 4.69) is 30.8 Å². The Kier molecular flexibility index (Phi) is 5.44. The number of likely N-dealkylation sites (tertiary alicyclic amines) is 1. The maximum Gasteiger partial charge on any atom is 0.115 e. The van der Waals surface area contributed by atoms with E-state index in [4.69, 9.17) is 0 Å². The summed E-state index contributed by atoms with van der Waals surface area (Å²) in [4.78, 5) is 4.98. The van der Waals surface area contributed by atoms with Crippen molar-refractivity contribution in [3.63, 3.8) is 0 Å². The normalized spacial score (nSPS) is 19.4. The lowest BCUT2D eigenvalue weighted by Gasteiger charge is -2.38. The summed E-state index contributed by atoms with van der Waals surface area (Å²) < 4.78 is 0. The van der Waals surface area contributed by atoms with Crippen LogP contribution >= 0.6 is 0 Å². The zero-order valence-corrected chi connectivity index (χ0v) is 13.0. The summed E-state index contributed by atoms with van der Waals surface area (Å²) in [5.41, 5.74) is 1.31. The van der Waals surface area contributed by atoms with E-state index in [1.807, 2.05) is 12.1 Å². The van der Waals surface area contributed by atoms with Gasteiger partial charge in [-0.25, -0.2) is 0 Å². The summed E-state index contributed by atoms with van der Waals surface area (Å²) in [6.45, 7) is 4.78. The first-order valence-electron chi connectivity index (χ1n) is 7.74. The summed E-state index contributed by atoms with van der Waals surface area (Å²) in [5, 5.41) is 9.30. The molecule has 3 nitrogen and oxygen atoms in total. The molecule has 1 fully saturated rings. The largest absolute Gasteiger partial charge is 0.508 e. The van der Waals surface area contributed by atoms with Gasteiger partial charge in [-0.2, -0.15) is 0 Å². The van der Waals surface area contributed by atoms with Crippen molar-refractivity contribution < 1.29 is 5.11 Å². The molecule has 0 bridgehead atoms. The number of aromatic hydroxyl groups is 1. The van der Waals surface area contributed by atoms with Crippen LogP contribution in [0.3, 0.4) is 0 Å². The van der Waals surface area contributed by atoms with Gasteiger partial charge in [-0.15, -0.1) is 0 Å². The van der Waals surface area contributed by atoms with Gasteiger partial charge in [-0.3, -0.25) is 0 Å². The Balaban J connectivity index is 1.78. The minimum absolute atomic E-state index is 0.352. The second-order valence-electron chi connectivity index (χ2n) is 6.25. The zero-order chi connectivity index (χ0) is 14.5. The molecule has 1 N–H and O–H groups in total. The number of hydrogen-bond donors (Lipinski definition) is 1. The summed E-state index contributed by atoms with van der Waals surface area (Å²) >= 11 is 0. The maximum atomic E-state index is 9.30. The fourth-order valence-corrected chi connectivity index (χ4v) is 3.00. The van der Waals surface area contributed by atoms with Crippen LogP contribution in [-0.4, -0.2) is 54.2 Å². The van der Waals surface area contributed by atoms with Crippen molar-refractivity contribution in [3.8, 4) is 5.75 Å². The number of phenols is 1. The van der Waals surface area contributed by atoms with E-state index in [1.54, 1.807) is 12.1 Å². The molecule has 1 saturated heterocycles. The van der Waals surface area contributed by atoms with E-state index in [0.717, 1.165) is 12.5 Å². The van der Waals surface area contributed by atoms with Gasteiger partial charge in [0.15, 0.2) is 0 Å². The lowest BCUT2D eigenvalue weighted by atomic mass is 9.99. The van der Waals surface area contributed by atoms with Crippen LogP contribution in [0, 0.1) is 0 Å². The fraction of sp³-hybridized carbons (Fsp3) is 0.647. The highest BCUT2D eigenvalue weighted by molar-refractivity contribution is 5.25. The van der Waals surface area contributed by atoms with Gasteiger partial charge >= 0.3 is 0 Å². The molecule has 1 atom stereocenters. The van der Waals surface area contributed by atoms with Crippen LogP contribution < -0.4 is 0 Å². The van der Waals surface area contributed by atoms with Crippen LogP contribution in [0.1, 0.15) is 31.7 Å². The van der Waals surface area contributed by atoms with E-state index in [9.17, 15) is 5.11 Å². The van der Waals surface area contributed by atoms with Gasteiger partial charge in [-0.1, -0.05) is 12.1 Å². The monoisotopic (exact) mass is 276 g/mol. The fourth-order valence-electron chi connectivity index (χ4n) is 3.00. The van der Waals surface area contributed by atoms with Crippen LogP contribution in [0.2, 0.25) is 0 Å². The molecule has 0 radical (unpaired) electrons. The van der Waals surface area contributed by atoms with Crippen LogP contribution in [0.4, 0.5) is 0 Å². The number of benzene rings is 1. The minimum atomic E-state index is 0.352. The van der Waals surface area contributed by atoms with Crippen molar-refractivity contribution in [2.45, 2.75) is 44.7 Å². The molecule has 112 valence electrons. The first-order chi connectivity index (χ1) is 9.56. The lowest BCUT2D eigenvalue weighted by molar-refractivity contribution is 0.110. The molecule has 0 amide bonds. The number of rotatable bonds is 5. The van der Waals surface area contributed by atoms with Crippen LogP contribution in [0.5, 0.6) is 5.75 Å². The zero-order valence-electron chi connectivity index (χ0n) is 13.0. The Morgan fingerprint density at radius 3 is 2.45 bits per heavy atom. The molecule has 1 aliphatic rings. The molecule has 1 aromatic rings. The van der Waals surface area contributed by atoms with Gasteiger partial charge < -0.3 is 14.9 Å². The van der Waals surface area contributed by atoms with Crippen LogP contribution in [0.25, 0.3) is 0 Å². The van der Waals surface area contributed by atoms with Gasteiger partial charge in [0.2, 0.25) is 0 Å². The quantitative estimate of drug-likeness (QED) is 0.896. The lowest BCUT2D eigenvalue weighted by Crippen LogP contribution is -2.45. The van der Waals surface area contributed by atoms with E-state index in [0.29, 0.717) is 11.8 Å². The van der Waals surface area contributed by atoms with Crippen molar-refractivity contribution in [1.29, 1.82) is 0 Å². The molecule has 3 heteroatoms. The van der Waals surface area contributed by atoms with Gasteiger partial charge in [0, 0.05) is 12.1 Å². The van der Waals surface area contributed by atoms with Crippen LogP contribution in [0.15, 0.2) is 24.3 Å². The first kappa shape index (κ1) is 15.3. The van der Waals surface area contributed by atoms with Crippen molar-refractivity contribution in [2.24, 2.45) is 0 Å². The predicted molar refractivity (Wildman–Crippen MR) is 84.2 cm³/mol. The molecule has 0 aliphatic carbocycles. The molecule has 20 heavy (non-hydrogen) atoms. The van der Waals surface area contributed by atoms with Crippen molar-refractivity contribution in [2.75, 3.05) is 27.2 Å². The van der Waals surface area contributed by atoms with Crippen molar-refractivity contribution in [1.82, 2.24) is 9.80 Å². The molecular weight excluding hydrogens is 248 g/mol. The van der Waals surface area contributed by atoms with E-state index in [1.165, 1.54) is 37.9 Å². The van der Waals surface area contributed by atoms with Crippen molar-refractivity contribution >= 4 is 0 Å². The third-order valence-corrected chi connectivity index (χ3v) is 4.75. The maximum absolute atomic E-state index is 9.30. The number of aryl methyl sites for hydroxylation is 1. The Bertz CT molecular complexity index is 396. The number of hydrogen-bond acceptors (Lipinski definition) is 3. The number of nitrogens with zero attached hydrogens (tertiary/aromatic N) is 2. The second-order valence-corrected chi connectivity index (χ2v) is 6.25. The van der Waals surface area contributed by atoms with Gasteiger partial charge in [0.05, 0.1) is 0 Å². The molecule has 2 rings (SSSR count). The van der Waals surface area contributed by atoms with Crippen LogP contribution in [-0.2, 0) is 6.42 Å². The standard InChI is InChI=1S/C17H28N2O/c1-14(4-5-15-6-8-17(20)9-7-15)19(3)16-10-12-18(2)13-11-16/h6-9,14,16,20H,4-5,10-13H2,1-3H3. The Morgan fingerprint density at radius 2 is 1.85 bits per heavy atom. The third kappa shape index (κ3) is 4.22. The molecular formula is C17H28N2O. The molecule has 1 unspecified atom stereocenters. The third-order valence-electron chi connectivity index (χ3n) is 4.75. The molecule has 0 spiro atoms. The second kappa shape index (κ2) is 7.09. The number of piperidine rings is 1. The van der Waals surface area contributed by atoms with Gasteiger partial charge in [0.1, 0.15) is 5.75 Å². The van der Waals surface area contributed by atoms with Gasteiger partial charge in [0.25, 0.3) is 0 Å². The topological polar surface area (TPSA) is 26.7 Å². The first-order valence-corrected chi connectivity index (χ1v) is 7.74. The molecule has 1 heterocycles. The average molecular weight is 276 g/mol. The highest BCUT2D eigenvalue weighted by atomic mass is 16.3. The minimum Gasteiger partial charge on any atom is -0.508 e. The summed E-state index contributed by atoms with van der Waals surface area (Å²) in [6.07, 6.45) is 4.83. The highest BCUT2D eigenvalue weighted by Crippen LogP contribution is 2.19. The molecule has 1 aliphatic heterocycles. The van der Waals surface area contributed by atoms with Gasteiger partial charge in [-0.05, 0) is 77.5 Å². The Morgan fingerprint density at radius 1 is 1.25 bits per heavy atom. The SMILES string of the molecule is CC(CCc1ccc(O)cc1)N(C)C1CCN(C)CC1. The summed E-state index contributed by atoms with van der Waals surface area (Å²) in [6, 6.07) is 8.95. The summed E-state index contributed by atoms with van der Waals surface area (Å²) in [7, 11) is 4.49. The highest BCUT2D eigenvalue weighted by Gasteiger charge is 2.23. The smallest absolute Gasteiger partial charge is 0.115 e. The van der Waals surface area contributed by atoms with E-state index >= 15 is 0 Å². The molecule has 0 aromatic heterocycles. The molecule has 0 saturated carbocycles. The summed E-state index contributed by atoms with van der Waals surface area (Å²) in [5.74, 6) is 0.352. The van der Waals surface area contributed by atoms with E-state index in [-0.39, 0.29) is 0 Å². The van der Waals surface area contributed by atoms with E-state index < -0.39 is 0 Å². The average Bonchev–Trinajstić information content (AvgIpc) is 2.46. The predicted octanol–water partition coefficient (Wildman–Crippen LogP) is 2.74. The van der Waals surface area contributed by atoms with Crippen molar-refractivity contribution in [3.05, 3.63) is 29.8 Å². The Hall–Kier alpha value is -1.06.